The zero-order valence-corrected chi connectivity index (χ0v) is 21.0. The molecule has 3 aliphatic rings. The first-order chi connectivity index (χ1) is 17.0. The molecule has 0 saturated carbocycles. The Bertz CT molecular complexity index is 1110. The first-order valence-corrected chi connectivity index (χ1v) is 13.7. The lowest BCUT2D eigenvalue weighted by molar-refractivity contribution is 0.0972. The molecule has 6 nitrogen and oxygen atoms in total. The normalized spacial score (nSPS) is 21.1. The summed E-state index contributed by atoms with van der Waals surface area (Å²) in [5, 5.41) is 5.22. The van der Waals surface area contributed by atoms with E-state index in [1.807, 2.05) is 11.8 Å². The minimum Gasteiger partial charge on any atom is -0.367 e. The Morgan fingerprint density at radius 1 is 1.20 bits per heavy atom. The fraction of sp³-hybridized carbons (Fsp3) is 0.481. The van der Waals surface area contributed by atoms with E-state index in [0.29, 0.717) is 30.5 Å². The lowest BCUT2D eigenvalue weighted by atomic mass is 9.89. The highest BCUT2D eigenvalue weighted by molar-refractivity contribution is 7.99. The average Bonchev–Trinajstić information content (AvgIpc) is 2.99. The van der Waals surface area contributed by atoms with Gasteiger partial charge in [-0.1, -0.05) is 12.1 Å². The highest BCUT2D eigenvalue weighted by Crippen LogP contribution is 2.50. The number of fused-ring (bicyclic) bond motifs is 3. The Hall–Kier alpha value is -2.58. The molecule has 0 aliphatic carbocycles. The van der Waals surface area contributed by atoms with Gasteiger partial charge in [0.05, 0.1) is 11.4 Å². The lowest BCUT2D eigenvalue weighted by Crippen LogP contribution is -2.46. The molecule has 1 saturated heterocycles. The molecule has 2 aromatic rings. The molecule has 8 heteroatoms. The molecule has 1 fully saturated rings. The smallest absolute Gasteiger partial charge is 0.319 e. The van der Waals surface area contributed by atoms with Gasteiger partial charge in [-0.05, 0) is 68.3 Å². The second-order valence-corrected chi connectivity index (χ2v) is 10.7. The number of rotatable bonds is 7. The molecule has 0 radical (unpaired) electrons. The predicted molar refractivity (Wildman–Crippen MR) is 139 cm³/mol. The van der Waals surface area contributed by atoms with E-state index in [1.54, 1.807) is 6.92 Å². The number of carbonyl (C=O) groups excluding carboxylic acids is 2. The molecule has 0 bridgehead atoms. The average molecular weight is 497 g/mol. The van der Waals surface area contributed by atoms with Crippen molar-refractivity contribution >= 4 is 35.0 Å². The number of amides is 2. The summed E-state index contributed by atoms with van der Waals surface area (Å²) in [7, 11) is 0. The van der Waals surface area contributed by atoms with Gasteiger partial charge >= 0.3 is 6.03 Å². The van der Waals surface area contributed by atoms with Crippen LogP contribution in [0.2, 0.25) is 0 Å². The van der Waals surface area contributed by atoms with Gasteiger partial charge in [-0.3, -0.25) is 4.79 Å². The third-order valence-electron chi connectivity index (χ3n) is 7.32. The van der Waals surface area contributed by atoms with Crippen LogP contribution in [0.15, 0.2) is 41.3 Å². The molecule has 3 aliphatic heterocycles. The zero-order valence-electron chi connectivity index (χ0n) is 20.2. The monoisotopic (exact) mass is 496 g/mol. The standard InChI is InChI=1S/C27H33FN4O2S/c1-2-29-27(34)30-22-16-18(28)9-10-20(22)24(33)7-4-12-31-14-11-23-21(17-31)19-6-3-8-25-26(19)32(23)13-5-15-35-25/h3,6,8-10,16,21,23H,2,4-5,7,11-15,17H2,1H3,(H2,29,30,34)/t21?,23-/m0/s1. The first-order valence-electron chi connectivity index (χ1n) is 12.7. The van der Waals surface area contributed by atoms with Crippen LogP contribution in [0.3, 0.4) is 0 Å². The number of hydrogen-bond donors (Lipinski definition) is 2. The van der Waals surface area contributed by atoms with Gasteiger partial charge in [-0.2, -0.15) is 0 Å². The van der Waals surface area contributed by atoms with Gasteiger partial charge in [0.1, 0.15) is 5.82 Å². The number of benzene rings is 2. The first kappa shape index (κ1) is 24.1. The zero-order chi connectivity index (χ0) is 24.4. The number of halogens is 1. The van der Waals surface area contributed by atoms with Crippen molar-refractivity contribution in [1.82, 2.24) is 10.2 Å². The van der Waals surface area contributed by atoms with E-state index in [4.69, 9.17) is 0 Å². The molecule has 5 rings (SSSR count). The topological polar surface area (TPSA) is 64.7 Å². The summed E-state index contributed by atoms with van der Waals surface area (Å²) < 4.78 is 13.8. The summed E-state index contributed by atoms with van der Waals surface area (Å²) in [6.07, 6.45) is 3.48. The van der Waals surface area contributed by atoms with Gasteiger partial charge in [0.2, 0.25) is 0 Å². The number of anilines is 2. The quantitative estimate of drug-likeness (QED) is 0.522. The lowest BCUT2D eigenvalue weighted by Gasteiger charge is -2.39. The second-order valence-electron chi connectivity index (χ2n) is 9.55. The van der Waals surface area contributed by atoms with Gasteiger partial charge in [0.25, 0.3) is 0 Å². The molecule has 186 valence electrons. The maximum Gasteiger partial charge on any atom is 0.319 e. The summed E-state index contributed by atoms with van der Waals surface area (Å²) in [6, 6.07) is 10.9. The Morgan fingerprint density at radius 3 is 2.94 bits per heavy atom. The molecule has 1 unspecified atom stereocenters. The number of thioether (sulfide) groups is 1. The van der Waals surface area contributed by atoms with Crippen LogP contribution in [0.1, 0.15) is 54.4 Å². The van der Waals surface area contributed by atoms with Crippen LogP contribution in [-0.4, -0.2) is 61.2 Å². The number of likely N-dealkylation sites (tertiary alicyclic amines) is 1. The molecule has 0 aromatic heterocycles. The molecule has 2 amide bonds. The van der Waals surface area contributed by atoms with Crippen LogP contribution >= 0.6 is 11.8 Å². The van der Waals surface area contributed by atoms with E-state index in [1.165, 1.54) is 46.5 Å². The van der Waals surface area contributed by atoms with Gasteiger partial charge < -0.3 is 20.4 Å². The molecule has 0 spiro atoms. The minimum atomic E-state index is -0.483. The minimum absolute atomic E-state index is 0.0760. The van der Waals surface area contributed by atoms with Gasteiger partial charge in [-0.25, -0.2) is 9.18 Å². The summed E-state index contributed by atoms with van der Waals surface area (Å²) in [5.41, 5.74) is 3.55. The van der Waals surface area contributed by atoms with Crippen LogP contribution in [0.4, 0.5) is 20.6 Å². The highest BCUT2D eigenvalue weighted by Gasteiger charge is 2.43. The largest absolute Gasteiger partial charge is 0.367 e. The fourth-order valence-corrected chi connectivity index (χ4v) is 6.84. The maximum atomic E-state index is 13.8. The van der Waals surface area contributed by atoms with Crippen LogP contribution < -0.4 is 15.5 Å². The number of carbonyl (C=O) groups is 2. The van der Waals surface area contributed by atoms with Crippen molar-refractivity contribution in [2.45, 2.75) is 49.5 Å². The van der Waals surface area contributed by atoms with Crippen LogP contribution in [0.5, 0.6) is 0 Å². The van der Waals surface area contributed by atoms with E-state index < -0.39 is 11.8 Å². The number of piperidine rings is 1. The Balaban J connectivity index is 1.20. The van der Waals surface area contributed by atoms with Crippen molar-refractivity contribution in [2.24, 2.45) is 0 Å². The van der Waals surface area contributed by atoms with Crippen molar-refractivity contribution in [2.75, 3.05) is 48.7 Å². The summed E-state index contributed by atoms with van der Waals surface area (Å²) >= 11 is 1.99. The van der Waals surface area contributed by atoms with E-state index in [9.17, 15) is 14.0 Å². The van der Waals surface area contributed by atoms with Crippen molar-refractivity contribution in [1.29, 1.82) is 0 Å². The molecule has 35 heavy (non-hydrogen) atoms. The van der Waals surface area contributed by atoms with Crippen molar-refractivity contribution in [3.05, 3.63) is 53.3 Å². The van der Waals surface area contributed by atoms with Gasteiger partial charge in [0.15, 0.2) is 5.78 Å². The van der Waals surface area contributed by atoms with Crippen LogP contribution in [0.25, 0.3) is 0 Å². The molecule has 2 atom stereocenters. The van der Waals surface area contributed by atoms with E-state index in [0.717, 1.165) is 39.0 Å². The summed E-state index contributed by atoms with van der Waals surface area (Å²) in [5.74, 6) is 1.16. The number of ketones is 1. The number of nitrogens with zero attached hydrogens (tertiary/aromatic N) is 2. The van der Waals surface area contributed by atoms with Crippen LogP contribution in [0, 0.1) is 5.82 Å². The van der Waals surface area contributed by atoms with Crippen molar-refractivity contribution < 1.29 is 14.0 Å². The SMILES string of the molecule is CCNC(=O)Nc1cc(F)ccc1C(=O)CCCN1CC[C@H]2C(C1)c1cccc3c1N2CCCS3. The van der Waals surface area contributed by atoms with E-state index >= 15 is 0 Å². The highest BCUT2D eigenvalue weighted by atomic mass is 32.2. The maximum absolute atomic E-state index is 13.8. The van der Waals surface area contributed by atoms with Crippen molar-refractivity contribution in [3.63, 3.8) is 0 Å². The molecule has 2 N–H and O–H groups in total. The molecule has 2 aromatic carbocycles. The summed E-state index contributed by atoms with van der Waals surface area (Å²) in [4.78, 5) is 31.5. The van der Waals surface area contributed by atoms with Gasteiger partial charge in [-0.15, -0.1) is 11.8 Å². The second kappa shape index (κ2) is 10.6. The Labute approximate surface area is 210 Å². The number of urea groups is 1. The Kier molecular flexibility index (Phi) is 7.29. The fourth-order valence-electron chi connectivity index (χ4n) is 5.80. The number of nitrogens with one attached hydrogen (secondary N) is 2. The molecular formula is C27H33FN4O2S. The van der Waals surface area contributed by atoms with Gasteiger partial charge in [0, 0.05) is 55.0 Å². The van der Waals surface area contributed by atoms with E-state index in [-0.39, 0.29) is 11.5 Å². The molecule has 3 heterocycles. The Morgan fingerprint density at radius 2 is 2.09 bits per heavy atom. The third kappa shape index (κ3) is 5.05. The predicted octanol–water partition coefficient (Wildman–Crippen LogP) is 5.10. The number of para-hydroxylation sites is 1. The van der Waals surface area contributed by atoms with Crippen molar-refractivity contribution in [3.8, 4) is 0 Å². The van der Waals surface area contributed by atoms with Crippen LogP contribution in [-0.2, 0) is 0 Å². The molecular weight excluding hydrogens is 463 g/mol. The van der Waals surface area contributed by atoms with E-state index in [2.05, 4.69) is 38.6 Å². The number of hydrogen-bond acceptors (Lipinski definition) is 5. The third-order valence-corrected chi connectivity index (χ3v) is 8.46. The number of Topliss-reactive ketones (excluding diaryl/α,β-unsaturated/α-hetero) is 1. The summed E-state index contributed by atoms with van der Waals surface area (Å²) in [6.45, 7) is 6.33.